The number of aliphatic hydroxyl groups is 11. The van der Waals surface area contributed by atoms with E-state index in [9.17, 15) is 56.2 Å². The first-order valence-electron chi connectivity index (χ1n) is 11.3. The van der Waals surface area contributed by atoms with E-state index in [4.69, 9.17) is 23.7 Å². The summed E-state index contributed by atoms with van der Waals surface area (Å²) < 4.78 is 26.2. The van der Waals surface area contributed by atoms with Crippen molar-refractivity contribution in [3.05, 3.63) is 6.92 Å². The van der Waals surface area contributed by atoms with Gasteiger partial charge in [0.2, 0.25) is 0 Å². The van der Waals surface area contributed by atoms with Gasteiger partial charge in [0.1, 0.15) is 73.2 Å². The van der Waals surface area contributed by atoms with E-state index < -0.39 is 112 Å². The zero-order chi connectivity index (χ0) is 27.3. The summed E-state index contributed by atoms with van der Waals surface area (Å²) in [6, 6.07) is 0. The van der Waals surface area contributed by atoms with Crippen molar-refractivity contribution in [1.82, 2.24) is 0 Å². The van der Waals surface area contributed by atoms with Crippen LogP contribution in [0.1, 0.15) is 6.92 Å². The van der Waals surface area contributed by atoms with Crippen molar-refractivity contribution in [3.63, 3.8) is 0 Å². The van der Waals surface area contributed by atoms with Crippen LogP contribution in [0.15, 0.2) is 0 Å². The fraction of sp³-hybridized carbons (Fsp3) is 0.950. The van der Waals surface area contributed by atoms with Crippen LogP contribution in [0.2, 0.25) is 0 Å². The zero-order valence-corrected chi connectivity index (χ0v) is 22.9. The van der Waals surface area contributed by atoms with Crippen molar-refractivity contribution in [2.24, 2.45) is 0 Å². The molecule has 17 heteroatoms. The predicted molar refractivity (Wildman–Crippen MR) is 112 cm³/mol. The first-order valence-corrected chi connectivity index (χ1v) is 11.3. The van der Waals surface area contributed by atoms with Crippen molar-refractivity contribution >= 4 is 0 Å². The van der Waals surface area contributed by atoms with E-state index in [2.05, 4.69) is 6.92 Å². The maximum absolute atomic E-state index is 10.7. The molecule has 0 bridgehead atoms. The Labute approximate surface area is 237 Å². The fourth-order valence-electron chi connectivity index (χ4n) is 4.04. The van der Waals surface area contributed by atoms with Crippen molar-refractivity contribution < 1.29 is 113 Å². The molecule has 0 aromatic carbocycles. The third-order valence-corrected chi connectivity index (χ3v) is 6.09. The Hall–Kier alpha value is 0.464. The second-order valence-electron chi connectivity index (χ2n) is 8.33. The van der Waals surface area contributed by atoms with Crippen molar-refractivity contribution in [2.75, 3.05) is 19.8 Å². The summed E-state index contributed by atoms with van der Waals surface area (Å²) in [5.41, 5.74) is 0. The van der Waals surface area contributed by atoms with Crippen LogP contribution in [-0.4, -0.2) is 168 Å². The summed E-state index contributed by atoms with van der Waals surface area (Å²) in [4.78, 5) is 0. The Bertz CT molecular complexity index is 647. The molecule has 0 spiro atoms. The van der Waals surface area contributed by atoms with E-state index in [1.165, 1.54) is 0 Å². The van der Waals surface area contributed by atoms with Gasteiger partial charge in [0.15, 0.2) is 18.9 Å². The normalized spacial score (nSPS) is 48.4. The Kier molecular flexibility index (Phi) is 15.4. The van der Waals surface area contributed by atoms with Crippen LogP contribution in [0.5, 0.6) is 0 Å². The molecule has 1 radical (unpaired) electrons. The van der Waals surface area contributed by atoms with Gasteiger partial charge >= 0.3 is 0 Å². The minimum absolute atomic E-state index is 0. The van der Waals surface area contributed by atoms with Crippen LogP contribution >= 0.6 is 0 Å². The van der Waals surface area contributed by atoms with Crippen LogP contribution in [0.4, 0.5) is 0 Å². The van der Waals surface area contributed by atoms with Crippen molar-refractivity contribution in [3.8, 4) is 0 Å². The van der Waals surface area contributed by atoms with Crippen molar-refractivity contribution in [2.45, 2.75) is 99.0 Å². The standard InChI is InChI=1S/C18H32O16.C2H5.Y/c19-1-4-7(22)10(25)11(26)17(31-4)34-15-9(24)6(3-21)32-18(13(15)28)33-14-8(23)5(2-20)30-16(29)12(14)27;1-2;/h4-29H,1-3H2;1H2,2H3;/q;-1;/t4?,5?,6?,7-,8-,9-,10-,11?,12?,13?,14-,15-,16+,17-,18-;;/m0../s1. The average molecular weight is 622 g/mol. The van der Waals surface area contributed by atoms with Gasteiger partial charge in [-0.15, -0.1) is 0 Å². The maximum Gasteiger partial charge on any atom is 0.187 e. The second kappa shape index (κ2) is 16.0. The summed E-state index contributed by atoms with van der Waals surface area (Å²) in [6.45, 7) is 2.67. The van der Waals surface area contributed by atoms with Crippen LogP contribution < -0.4 is 0 Å². The van der Waals surface area contributed by atoms with Gasteiger partial charge in [-0.3, -0.25) is 0 Å². The van der Waals surface area contributed by atoms with Gasteiger partial charge in [0.25, 0.3) is 0 Å². The molecule has 0 aromatic heterocycles. The Balaban J connectivity index is 0.00000223. The average Bonchev–Trinajstić information content (AvgIpc) is 2.88. The quantitative estimate of drug-likeness (QED) is 0.118. The molecule has 3 saturated heterocycles. The molecule has 15 atom stereocenters. The molecular formula is C20H37O16Y-. The predicted octanol–water partition coefficient (Wildman–Crippen LogP) is -6.74. The van der Waals surface area contributed by atoms with E-state index in [0.29, 0.717) is 0 Å². The minimum Gasteiger partial charge on any atom is -0.394 e. The van der Waals surface area contributed by atoms with Gasteiger partial charge in [-0.1, -0.05) is 0 Å². The topological polar surface area (TPSA) is 269 Å². The molecular weight excluding hydrogens is 585 g/mol. The van der Waals surface area contributed by atoms with Crippen LogP contribution in [0.3, 0.4) is 0 Å². The van der Waals surface area contributed by atoms with E-state index in [1.807, 2.05) is 0 Å². The first kappa shape index (κ1) is 35.5. The van der Waals surface area contributed by atoms with E-state index in [-0.39, 0.29) is 32.7 Å². The first-order chi connectivity index (χ1) is 17.0. The molecule has 37 heavy (non-hydrogen) atoms. The van der Waals surface area contributed by atoms with Crippen molar-refractivity contribution in [1.29, 1.82) is 0 Å². The van der Waals surface area contributed by atoms with Gasteiger partial charge in [-0.2, -0.15) is 6.92 Å². The molecule has 3 aliphatic heterocycles. The molecule has 3 aliphatic rings. The summed E-state index contributed by atoms with van der Waals surface area (Å²) in [5, 5.41) is 110. The Morgan fingerprint density at radius 2 is 0.892 bits per heavy atom. The van der Waals surface area contributed by atoms with Gasteiger partial charge in [-0.05, 0) is 0 Å². The third-order valence-electron chi connectivity index (χ3n) is 6.09. The van der Waals surface area contributed by atoms with E-state index in [0.717, 1.165) is 0 Å². The maximum atomic E-state index is 10.7. The molecule has 6 unspecified atom stereocenters. The molecule has 217 valence electrons. The number of hydrogen-bond donors (Lipinski definition) is 11. The van der Waals surface area contributed by atoms with Crippen LogP contribution in [-0.2, 0) is 56.4 Å². The largest absolute Gasteiger partial charge is 0.394 e. The number of hydrogen-bond acceptors (Lipinski definition) is 16. The zero-order valence-electron chi connectivity index (χ0n) is 20.0. The molecule has 3 fully saturated rings. The second-order valence-corrected chi connectivity index (χ2v) is 8.33. The Morgan fingerprint density at radius 1 is 0.514 bits per heavy atom. The number of aliphatic hydroxyl groups excluding tert-OH is 11. The monoisotopic (exact) mass is 622 g/mol. The molecule has 0 saturated carbocycles. The Morgan fingerprint density at radius 3 is 1.35 bits per heavy atom. The van der Waals surface area contributed by atoms with Crippen LogP contribution in [0, 0.1) is 6.92 Å². The van der Waals surface area contributed by atoms with Gasteiger partial charge in [0.05, 0.1) is 19.8 Å². The van der Waals surface area contributed by atoms with Gasteiger partial charge in [-0.25, -0.2) is 0 Å². The summed E-state index contributed by atoms with van der Waals surface area (Å²) in [6.07, 6.45) is -25.5. The molecule has 0 amide bonds. The molecule has 11 N–H and O–H groups in total. The van der Waals surface area contributed by atoms with E-state index >= 15 is 0 Å². The molecule has 3 heterocycles. The fourth-order valence-corrected chi connectivity index (χ4v) is 4.04. The van der Waals surface area contributed by atoms with Gasteiger partial charge in [0, 0.05) is 32.7 Å². The molecule has 0 aliphatic carbocycles. The summed E-state index contributed by atoms with van der Waals surface area (Å²) in [5.74, 6) is 0. The van der Waals surface area contributed by atoms with Gasteiger partial charge < -0.3 is 86.8 Å². The molecule has 3 rings (SSSR count). The smallest absolute Gasteiger partial charge is 0.187 e. The SMILES string of the molecule is OCC1O[C@@H](O[C@@H]2C(O)[C@H](O[C@@H]3C(O)[C@H](O)OC(CO)[C@@H]3O)OC(CO)[C@@H]2O)C(O)[C@@H](O)[C@H]1O.[CH2-]C.[Y]. The number of ether oxygens (including phenoxy) is 5. The van der Waals surface area contributed by atoms with E-state index in [1.54, 1.807) is 6.92 Å². The molecule has 16 nitrogen and oxygen atoms in total. The molecule has 0 aromatic rings. The van der Waals surface area contributed by atoms with Crippen LogP contribution in [0.25, 0.3) is 0 Å². The minimum atomic E-state index is -1.92. The summed E-state index contributed by atoms with van der Waals surface area (Å²) in [7, 11) is 0. The summed E-state index contributed by atoms with van der Waals surface area (Å²) >= 11 is 0. The number of rotatable bonds is 7. The third kappa shape index (κ3) is 7.81.